The van der Waals surface area contributed by atoms with Gasteiger partial charge in [-0.1, -0.05) is 35.5 Å². The first kappa shape index (κ1) is 21.1. The highest BCUT2D eigenvalue weighted by Crippen LogP contribution is 2.21. The van der Waals surface area contributed by atoms with Crippen molar-refractivity contribution in [3.8, 4) is 0 Å². The SMILES string of the molecule is CCn1c(CNC(=O)c2ccc(Cl)cc2)nnc1SCc1nc2ccccc2c(=O)[nH]1. The van der Waals surface area contributed by atoms with Crippen molar-refractivity contribution in [3.05, 3.63) is 81.1 Å². The molecular weight excluding hydrogens is 436 g/mol. The Balaban J connectivity index is 1.44. The molecule has 8 nitrogen and oxygen atoms in total. The van der Waals surface area contributed by atoms with Crippen molar-refractivity contribution in [2.45, 2.75) is 30.9 Å². The van der Waals surface area contributed by atoms with Gasteiger partial charge in [0.1, 0.15) is 5.82 Å². The highest BCUT2D eigenvalue weighted by Gasteiger charge is 2.14. The summed E-state index contributed by atoms with van der Waals surface area (Å²) in [7, 11) is 0. The van der Waals surface area contributed by atoms with Crippen LogP contribution in [0.15, 0.2) is 58.5 Å². The van der Waals surface area contributed by atoms with Gasteiger partial charge < -0.3 is 14.9 Å². The minimum Gasteiger partial charge on any atom is -0.345 e. The molecule has 4 rings (SSSR count). The lowest BCUT2D eigenvalue weighted by Crippen LogP contribution is -2.24. The van der Waals surface area contributed by atoms with Crippen molar-refractivity contribution in [3.63, 3.8) is 0 Å². The molecule has 2 N–H and O–H groups in total. The Morgan fingerprint density at radius 1 is 1.16 bits per heavy atom. The number of fused-ring (bicyclic) bond motifs is 1. The molecule has 2 aromatic heterocycles. The number of para-hydroxylation sites is 1. The number of carbonyl (C=O) groups is 1. The van der Waals surface area contributed by atoms with E-state index >= 15 is 0 Å². The number of thioether (sulfide) groups is 1. The van der Waals surface area contributed by atoms with E-state index in [0.717, 1.165) is 0 Å². The van der Waals surface area contributed by atoms with Gasteiger partial charge in [0, 0.05) is 17.1 Å². The number of H-pyrrole nitrogens is 1. The Morgan fingerprint density at radius 3 is 2.71 bits per heavy atom. The van der Waals surface area contributed by atoms with Crippen LogP contribution < -0.4 is 10.9 Å². The molecule has 2 heterocycles. The molecule has 0 saturated heterocycles. The molecule has 0 aliphatic heterocycles. The summed E-state index contributed by atoms with van der Waals surface area (Å²) in [5, 5.41) is 13.1. The predicted octanol–water partition coefficient (Wildman–Crippen LogP) is 3.41. The van der Waals surface area contributed by atoms with Gasteiger partial charge in [-0.15, -0.1) is 10.2 Å². The van der Waals surface area contributed by atoms with Crippen LogP contribution >= 0.6 is 23.4 Å². The van der Waals surface area contributed by atoms with E-state index in [1.807, 2.05) is 29.7 Å². The summed E-state index contributed by atoms with van der Waals surface area (Å²) in [4.78, 5) is 31.9. The third kappa shape index (κ3) is 4.78. The van der Waals surface area contributed by atoms with E-state index in [9.17, 15) is 9.59 Å². The Hall–Kier alpha value is -3.17. The van der Waals surface area contributed by atoms with Gasteiger partial charge >= 0.3 is 0 Å². The lowest BCUT2D eigenvalue weighted by atomic mass is 10.2. The molecule has 158 valence electrons. The molecule has 0 aliphatic carbocycles. The van der Waals surface area contributed by atoms with Crippen molar-refractivity contribution in [1.29, 1.82) is 0 Å². The third-order valence-electron chi connectivity index (χ3n) is 4.62. The molecule has 10 heteroatoms. The smallest absolute Gasteiger partial charge is 0.258 e. The highest BCUT2D eigenvalue weighted by molar-refractivity contribution is 7.98. The minimum absolute atomic E-state index is 0.163. The number of hydrogen-bond donors (Lipinski definition) is 2. The van der Waals surface area contributed by atoms with Gasteiger partial charge in [0.25, 0.3) is 11.5 Å². The molecule has 0 unspecified atom stereocenters. The zero-order chi connectivity index (χ0) is 21.8. The summed E-state index contributed by atoms with van der Waals surface area (Å²) in [6.07, 6.45) is 0. The van der Waals surface area contributed by atoms with E-state index in [-0.39, 0.29) is 18.0 Å². The fourth-order valence-corrected chi connectivity index (χ4v) is 4.09. The standard InChI is InChI=1S/C21H19ClN6O2S/c1-2-28-18(11-23-19(29)13-7-9-14(22)10-8-13)26-27-21(28)31-12-17-24-16-6-4-3-5-15(16)20(30)25-17/h3-10H,2,11-12H2,1H3,(H,23,29)(H,24,25,30). The van der Waals surface area contributed by atoms with E-state index < -0.39 is 0 Å². The number of nitrogens with zero attached hydrogens (tertiary/aromatic N) is 4. The van der Waals surface area contributed by atoms with Gasteiger partial charge in [-0.2, -0.15) is 0 Å². The van der Waals surface area contributed by atoms with Crippen LogP contribution in [0, 0.1) is 0 Å². The molecule has 0 radical (unpaired) electrons. The normalized spacial score (nSPS) is 11.0. The molecule has 2 aromatic carbocycles. The summed E-state index contributed by atoms with van der Waals surface area (Å²) in [5.74, 6) is 1.44. The van der Waals surface area contributed by atoms with Crippen LogP contribution in [0.4, 0.5) is 0 Å². The molecule has 0 fully saturated rings. The van der Waals surface area contributed by atoms with Crippen LogP contribution in [-0.4, -0.2) is 30.6 Å². The summed E-state index contributed by atoms with van der Waals surface area (Å²) in [6, 6.07) is 13.9. The predicted molar refractivity (Wildman–Crippen MR) is 120 cm³/mol. The lowest BCUT2D eigenvalue weighted by molar-refractivity contribution is 0.0949. The maximum atomic E-state index is 12.3. The van der Waals surface area contributed by atoms with E-state index in [4.69, 9.17) is 11.6 Å². The molecule has 0 aliphatic rings. The Labute approximate surface area is 187 Å². The molecule has 4 aromatic rings. The van der Waals surface area contributed by atoms with Crippen molar-refractivity contribution >= 4 is 40.2 Å². The summed E-state index contributed by atoms with van der Waals surface area (Å²) < 4.78 is 1.92. The Morgan fingerprint density at radius 2 is 1.94 bits per heavy atom. The maximum absolute atomic E-state index is 12.3. The zero-order valence-electron chi connectivity index (χ0n) is 16.6. The molecule has 0 spiro atoms. The number of halogens is 1. The van der Waals surface area contributed by atoms with Crippen molar-refractivity contribution in [2.75, 3.05) is 0 Å². The summed E-state index contributed by atoms with van der Waals surface area (Å²) in [6.45, 7) is 2.87. The van der Waals surface area contributed by atoms with Gasteiger partial charge in [-0.25, -0.2) is 4.98 Å². The first-order chi connectivity index (χ1) is 15.0. The number of benzene rings is 2. The molecule has 31 heavy (non-hydrogen) atoms. The van der Waals surface area contributed by atoms with Crippen LogP contribution in [0.3, 0.4) is 0 Å². The van der Waals surface area contributed by atoms with Crippen LogP contribution in [0.2, 0.25) is 5.02 Å². The fourth-order valence-electron chi connectivity index (χ4n) is 3.07. The number of nitrogens with one attached hydrogen (secondary N) is 2. The van der Waals surface area contributed by atoms with E-state index in [0.29, 0.717) is 50.6 Å². The van der Waals surface area contributed by atoms with Gasteiger partial charge in [0.2, 0.25) is 0 Å². The second-order valence-corrected chi connectivity index (χ2v) is 8.03. The molecular formula is C21H19ClN6O2S. The van der Waals surface area contributed by atoms with Gasteiger partial charge in [0.15, 0.2) is 11.0 Å². The molecule has 0 saturated carbocycles. The number of hydrogen-bond acceptors (Lipinski definition) is 6. The third-order valence-corrected chi connectivity index (χ3v) is 5.85. The highest BCUT2D eigenvalue weighted by atomic mass is 35.5. The van der Waals surface area contributed by atoms with Crippen LogP contribution in [0.1, 0.15) is 28.9 Å². The molecule has 0 atom stereocenters. The zero-order valence-corrected chi connectivity index (χ0v) is 18.2. The van der Waals surface area contributed by atoms with Gasteiger partial charge in [-0.05, 0) is 43.3 Å². The quantitative estimate of drug-likeness (QED) is 0.414. The van der Waals surface area contributed by atoms with E-state index in [1.165, 1.54) is 11.8 Å². The monoisotopic (exact) mass is 454 g/mol. The number of rotatable bonds is 7. The first-order valence-electron chi connectivity index (χ1n) is 9.61. The fraction of sp³-hybridized carbons (Fsp3) is 0.190. The van der Waals surface area contributed by atoms with Gasteiger partial charge in [0.05, 0.1) is 23.2 Å². The van der Waals surface area contributed by atoms with Crippen molar-refractivity contribution < 1.29 is 4.79 Å². The second-order valence-electron chi connectivity index (χ2n) is 6.65. The van der Waals surface area contributed by atoms with Gasteiger partial charge in [-0.3, -0.25) is 9.59 Å². The topological polar surface area (TPSA) is 106 Å². The summed E-state index contributed by atoms with van der Waals surface area (Å²) >= 11 is 7.29. The van der Waals surface area contributed by atoms with Crippen LogP contribution in [-0.2, 0) is 18.8 Å². The Bertz CT molecular complexity index is 1290. The van der Waals surface area contributed by atoms with E-state index in [2.05, 4.69) is 25.5 Å². The molecule has 1 amide bonds. The van der Waals surface area contributed by atoms with Crippen molar-refractivity contribution in [2.24, 2.45) is 0 Å². The number of carbonyl (C=O) groups excluding carboxylic acids is 1. The van der Waals surface area contributed by atoms with Crippen LogP contribution in [0.5, 0.6) is 0 Å². The number of aromatic nitrogens is 5. The van der Waals surface area contributed by atoms with E-state index in [1.54, 1.807) is 30.3 Å². The average Bonchev–Trinajstić information content (AvgIpc) is 3.18. The average molecular weight is 455 g/mol. The van der Waals surface area contributed by atoms with Crippen molar-refractivity contribution in [1.82, 2.24) is 30.0 Å². The lowest BCUT2D eigenvalue weighted by Gasteiger charge is -2.09. The largest absolute Gasteiger partial charge is 0.345 e. The first-order valence-corrected chi connectivity index (χ1v) is 11.0. The number of amides is 1. The summed E-state index contributed by atoms with van der Waals surface area (Å²) in [5.41, 5.74) is 1.01. The second kappa shape index (κ2) is 9.32. The Kier molecular flexibility index (Phi) is 6.34. The van der Waals surface area contributed by atoms with Crippen LogP contribution in [0.25, 0.3) is 10.9 Å². The number of aromatic amines is 1. The maximum Gasteiger partial charge on any atom is 0.258 e. The minimum atomic E-state index is -0.213. The molecule has 0 bridgehead atoms.